The molecule has 0 aliphatic carbocycles. The SMILES string of the molecule is OC[C@@H](O)[C@@H]1O[C@H](OC[C@H]2O[C@H](O)[C@@H](O)[C@@H](O[C@H]3O[C@H](CO)[C@@H](O)[C@H](O)[C@@H]3O)[C@@H]2O)[C@H](O)[C@H]1O. The Kier molecular flexibility index (Phi) is 9.54. The van der Waals surface area contributed by atoms with Crippen molar-refractivity contribution in [2.24, 2.45) is 0 Å². The summed E-state index contributed by atoms with van der Waals surface area (Å²) in [6.07, 6.45) is -24.6. The van der Waals surface area contributed by atoms with Crippen LogP contribution in [0.25, 0.3) is 0 Å². The molecule has 3 rings (SSSR count). The van der Waals surface area contributed by atoms with Gasteiger partial charge in [-0.3, -0.25) is 0 Å². The van der Waals surface area contributed by atoms with Crippen LogP contribution in [-0.2, 0) is 23.7 Å². The first kappa shape index (κ1) is 27.9. The molecule has 3 heterocycles. The van der Waals surface area contributed by atoms with Crippen molar-refractivity contribution in [3.63, 3.8) is 0 Å². The van der Waals surface area contributed by atoms with Gasteiger partial charge in [0, 0.05) is 0 Å². The molecule has 11 N–H and O–H groups in total. The van der Waals surface area contributed by atoms with Crippen LogP contribution < -0.4 is 0 Å². The quantitative estimate of drug-likeness (QED) is 0.146. The van der Waals surface area contributed by atoms with E-state index in [-0.39, 0.29) is 0 Å². The molecule has 15 atom stereocenters. The van der Waals surface area contributed by atoms with Gasteiger partial charge >= 0.3 is 0 Å². The fraction of sp³-hybridized carbons (Fsp3) is 1.00. The minimum Gasteiger partial charge on any atom is -0.394 e. The van der Waals surface area contributed by atoms with Crippen LogP contribution in [0.2, 0.25) is 0 Å². The predicted molar refractivity (Wildman–Crippen MR) is 101 cm³/mol. The molecule has 200 valence electrons. The van der Waals surface area contributed by atoms with Crippen molar-refractivity contribution >= 4 is 0 Å². The van der Waals surface area contributed by atoms with Gasteiger partial charge in [-0.1, -0.05) is 0 Å². The molecule has 0 aromatic heterocycles. The van der Waals surface area contributed by atoms with Crippen molar-refractivity contribution in [3.8, 4) is 0 Å². The van der Waals surface area contributed by atoms with Crippen LogP contribution >= 0.6 is 0 Å². The second-order valence-corrected chi connectivity index (χ2v) is 8.38. The third-order valence-corrected chi connectivity index (χ3v) is 6.05. The molecule has 0 saturated carbocycles. The monoisotopic (exact) mass is 504 g/mol. The highest BCUT2D eigenvalue weighted by Gasteiger charge is 2.51. The summed E-state index contributed by atoms with van der Waals surface area (Å²) in [5.41, 5.74) is 0. The number of hydrogen-bond donors (Lipinski definition) is 11. The highest BCUT2D eigenvalue weighted by atomic mass is 16.7. The standard InChI is InChI=1S/C18H32O16/c19-1-4(21)14-10(25)12(27)17(33-14)30-3-6-8(23)15(13(28)16(29)31-6)34-18-11(26)9(24)7(22)5(2-20)32-18/h4-29H,1-3H2/t4-,5-,6-,7-,8-,9+,10-,11+,12-,13+,14+,15+,16+,17+,18-/m1/s1. The summed E-state index contributed by atoms with van der Waals surface area (Å²) in [5, 5.41) is 109. The minimum atomic E-state index is -1.92. The molecule has 0 aromatic rings. The van der Waals surface area contributed by atoms with Gasteiger partial charge in [0.2, 0.25) is 0 Å². The van der Waals surface area contributed by atoms with Crippen molar-refractivity contribution < 1.29 is 79.9 Å². The molecule has 0 aromatic carbocycles. The zero-order valence-electron chi connectivity index (χ0n) is 17.7. The number of ether oxygens (including phenoxy) is 5. The largest absolute Gasteiger partial charge is 0.394 e. The second-order valence-electron chi connectivity index (χ2n) is 8.38. The van der Waals surface area contributed by atoms with Crippen LogP contribution in [0, 0.1) is 0 Å². The molecule has 34 heavy (non-hydrogen) atoms. The van der Waals surface area contributed by atoms with Gasteiger partial charge in [-0.25, -0.2) is 0 Å². The average Bonchev–Trinajstić information content (AvgIpc) is 3.11. The van der Waals surface area contributed by atoms with Gasteiger partial charge < -0.3 is 79.9 Å². The molecule has 16 heteroatoms. The van der Waals surface area contributed by atoms with Gasteiger partial charge in [-0.05, 0) is 0 Å². The number of aliphatic hydroxyl groups excluding tert-OH is 11. The molecule has 3 aliphatic heterocycles. The first-order valence-corrected chi connectivity index (χ1v) is 10.6. The summed E-state index contributed by atoms with van der Waals surface area (Å²) >= 11 is 0. The Morgan fingerprint density at radius 1 is 0.647 bits per heavy atom. The molecule has 3 aliphatic rings. The lowest BCUT2D eigenvalue weighted by Gasteiger charge is -2.45. The van der Waals surface area contributed by atoms with Crippen molar-refractivity contribution in [1.82, 2.24) is 0 Å². The van der Waals surface area contributed by atoms with E-state index in [1.165, 1.54) is 0 Å². The van der Waals surface area contributed by atoms with Gasteiger partial charge in [-0.2, -0.15) is 0 Å². The van der Waals surface area contributed by atoms with Crippen LogP contribution in [0.4, 0.5) is 0 Å². The van der Waals surface area contributed by atoms with Crippen LogP contribution in [-0.4, -0.2) is 168 Å². The Hall–Kier alpha value is -0.640. The van der Waals surface area contributed by atoms with Crippen LogP contribution in [0.5, 0.6) is 0 Å². The maximum absolute atomic E-state index is 10.6. The molecule has 0 bridgehead atoms. The van der Waals surface area contributed by atoms with Crippen molar-refractivity contribution in [2.75, 3.05) is 19.8 Å². The zero-order chi connectivity index (χ0) is 25.3. The molecule has 3 saturated heterocycles. The van der Waals surface area contributed by atoms with Gasteiger partial charge in [0.15, 0.2) is 18.9 Å². The van der Waals surface area contributed by atoms with E-state index in [0.29, 0.717) is 0 Å². The van der Waals surface area contributed by atoms with Crippen molar-refractivity contribution in [2.45, 2.75) is 92.1 Å². The normalized spacial score (nSPS) is 50.9. The van der Waals surface area contributed by atoms with E-state index in [4.69, 9.17) is 28.8 Å². The lowest BCUT2D eigenvalue weighted by molar-refractivity contribution is -0.358. The summed E-state index contributed by atoms with van der Waals surface area (Å²) in [6.45, 7) is -2.09. The molecule has 16 nitrogen and oxygen atoms in total. The number of aliphatic hydroxyl groups is 11. The van der Waals surface area contributed by atoms with Crippen LogP contribution in [0.1, 0.15) is 0 Å². The first-order chi connectivity index (χ1) is 16.0. The highest BCUT2D eigenvalue weighted by molar-refractivity contribution is 4.95. The van der Waals surface area contributed by atoms with E-state index in [0.717, 1.165) is 0 Å². The second kappa shape index (κ2) is 11.6. The van der Waals surface area contributed by atoms with E-state index in [9.17, 15) is 51.1 Å². The Balaban J connectivity index is 1.64. The Morgan fingerprint density at radius 2 is 1.29 bits per heavy atom. The first-order valence-electron chi connectivity index (χ1n) is 10.6. The predicted octanol–water partition coefficient (Wildman–Crippen LogP) is -7.57. The summed E-state index contributed by atoms with van der Waals surface area (Å²) in [7, 11) is 0. The topological polar surface area (TPSA) is 269 Å². The maximum atomic E-state index is 10.6. The molecule has 0 spiro atoms. The van der Waals surface area contributed by atoms with Gasteiger partial charge in [0.25, 0.3) is 0 Å². The Labute approximate surface area is 192 Å². The summed E-state index contributed by atoms with van der Waals surface area (Å²) in [5.74, 6) is 0. The fourth-order valence-electron chi connectivity index (χ4n) is 3.97. The lowest BCUT2D eigenvalue weighted by atomic mass is 9.97. The Bertz CT molecular complexity index is 639. The molecular weight excluding hydrogens is 472 g/mol. The molecule has 0 radical (unpaired) electrons. The van der Waals surface area contributed by atoms with E-state index >= 15 is 0 Å². The third-order valence-electron chi connectivity index (χ3n) is 6.05. The molecular formula is C18H32O16. The van der Waals surface area contributed by atoms with E-state index in [1.54, 1.807) is 0 Å². The average molecular weight is 504 g/mol. The number of hydrogen-bond acceptors (Lipinski definition) is 16. The maximum Gasteiger partial charge on any atom is 0.187 e. The summed E-state index contributed by atoms with van der Waals surface area (Å²) in [6, 6.07) is 0. The van der Waals surface area contributed by atoms with Crippen molar-refractivity contribution in [3.05, 3.63) is 0 Å². The molecule has 3 fully saturated rings. The third kappa shape index (κ3) is 5.52. The minimum absolute atomic E-state index is 0.587. The smallest absolute Gasteiger partial charge is 0.187 e. The van der Waals surface area contributed by atoms with E-state index < -0.39 is 112 Å². The lowest BCUT2D eigenvalue weighted by Crippen LogP contribution is -2.64. The Morgan fingerprint density at radius 3 is 1.91 bits per heavy atom. The highest BCUT2D eigenvalue weighted by Crippen LogP contribution is 2.30. The summed E-state index contributed by atoms with van der Waals surface area (Å²) in [4.78, 5) is 0. The van der Waals surface area contributed by atoms with E-state index in [2.05, 4.69) is 0 Å². The fourth-order valence-corrected chi connectivity index (χ4v) is 3.97. The summed E-state index contributed by atoms with van der Waals surface area (Å²) < 4.78 is 26.1. The molecule has 0 amide bonds. The van der Waals surface area contributed by atoms with Crippen molar-refractivity contribution in [1.29, 1.82) is 0 Å². The van der Waals surface area contributed by atoms with Crippen LogP contribution in [0.3, 0.4) is 0 Å². The zero-order valence-corrected chi connectivity index (χ0v) is 17.7. The number of rotatable bonds is 8. The van der Waals surface area contributed by atoms with Gasteiger partial charge in [0.05, 0.1) is 19.8 Å². The molecule has 0 unspecified atom stereocenters. The van der Waals surface area contributed by atoms with Crippen LogP contribution in [0.15, 0.2) is 0 Å². The van der Waals surface area contributed by atoms with Gasteiger partial charge in [0.1, 0.15) is 73.2 Å². The van der Waals surface area contributed by atoms with E-state index in [1.807, 2.05) is 0 Å². The van der Waals surface area contributed by atoms with Gasteiger partial charge in [-0.15, -0.1) is 0 Å².